The van der Waals surface area contributed by atoms with E-state index < -0.39 is 0 Å². The van der Waals surface area contributed by atoms with Crippen LogP contribution in [0.25, 0.3) is 0 Å². The molecule has 0 spiro atoms. The SMILES string of the molecule is Cc1cscc1C(=O)N(C)Cc1cn[nH]c1. The number of nitrogens with zero attached hydrogens (tertiary/aromatic N) is 2. The van der Waals surface area contributed by atoms with Crippen LogP contribution in [-0.2, 0) is 6.54 Å². The van der Waals surface area contributed by atoms with Crippen molar-refractivity contribution in [2.45, 2.75) is 13.5 Å². The zero-order chi connectivity index (χ0) is 11.5. The largest absolute Gasteiger partial charge is 0.337 e. The molecule has 0 atom stereocenters. The average Bonchev–Trinajstić information content (AvgIpc) is 2.88. The van der Waals surface area contributed by atoms with E-state index in [1.165, 1.54) is 0 Å². The fraction of sp³-hybridized carbons (Fsp3) is 0.273. The predicted octanol–water partition coefficient (Wildman–Crippen LogP) is 2.05. The monoisotopic (exact) mass is 235 g/mol. The smallest absolute Gasteiger partial charge is 0.255 e. The normalized spacial score (nSPS) is 10.4. The second-order valence-corrected chi connectivity index (χ2v) is 4.48. The number of rotatable bonds is 3. The van der Waals surface area contributed by atoms with E-state index in [9.17, 15) is 4.79 Å². The van der Waals surface area contributed by atoms with Crippen molar-refractivity contribution in [1.29, 1.82) is 0 Å². The minimum Gasteiger partial charge on any atom is -0.337 e. The maximum atomic E-state index is 12.1. The first-order chi connectivity index (χ1) is 7.68. The summed E-state index contributed by atoms with van der Waals surface area (Å²) >= 11 is 1.55. The number of carbonyl (C=O) groups excluding carboxylic acids is 1. The lowest BCUT2D eigenvalue weighted by molar-refractivity contribution is 0.0785. The molecule has 16 heavy (non-hydrogen) atoms. The van der Waals surface area contributed by atoms with E-state index in [2.05, 4.69) is 10.2 Å². The van der Waals surface area contributed by atoms with E-state index >= 15 is 0 Å². The third-order valence-corrected chi connectivity index (χ3v) is 3.27. The van der Waals surface area contributed by atoms with Crippen LogP contribution in [0.2, 0.25) is 0 Å². The molecule has 1 N–H and O–H groups in total. The fourth-order valence-corrected chi connectivity index (χ4v) is 2.32. The number of hydrogen-bond acceptors (Lipinski definition) is 3. The number of thiophene rings is 1. The first kappa shape index (κ1) is 10.9. The molecule has 4 nitrogen and oxygen atoms in total. The van der Waals surface area contributed by atoms with Gasteiger partial charge in [0.25, 0.3) is 5.91 Å². The van der Waals surface area contributed by atoms with E-state index in [0.29, 0.717) is 6.54 Å². The van der Waals surface area contributed by atoms with Crippen molar-refractivity contribution in [2.75, 3.05) is 7.05 Å². The summed E-state index contributed by atoms with van der Waals surface area (Å²) in [6, 6.07) is 0. The second kappa shape index (κ2) is 4.49. The third kappa shape index (κ3) is 2.14. The zero-order valence-electron chi connectivity index (χ0n) is 9.23. The van der Waals surface area contributed by atoms with Crippen LogP contribution in [0.15, 0.2) is 23.2 Å². The van der Waals surface area contributed by atoms with Crippen molar-refractivity contribution >= 4 is 17.2 Å². The molecule has 0 fully saturated rings. The van der Waals surface area contributed by atoms with E-state index in [0.717, 1.165) is 16.7 Å². The molecule has 0 unspecified atom stereocenters. The summed E-state index contributed by atoms with van der Waals surface area (Å²) in [6.07, 6.45) is 3.52. The van der Waals surface area contributed by atoms with Crippen LogP contribution < -0.4 is 0 Å². The van der Waals surface area contributed by atoms with Crippen molar-refractivity contribution in [3.05, 3.63) is 39.8 Å². The Balaban J connectivity index is 2.08. The van der Waals surface area contributed by atoms with Gasteiger partial charge in [-0.1, -0.05) is 0 Å². The molecule has 2 heterocycles. The van der Waals surface area contributed by atoms with Gasteiger partial charge in [0.2, 0.25) is 0 Å². The van der Waals surface area contributed by atoms with Crippen molar-refractivity contribution in [3.63, 3.8) is 0 Å². The van der Waals surface area contributed by atoms with Gasteiger partial charge in [0.05, 0.1) is 11.8 Å². The van der Waals surface area contributed by atoms with Crippen LogP contribution in [0.1, 0.15) is 21.5 Å². The lowest BCUT2D eigenvalue weighted by atomic mass is 10.2. The first-order valence-corrected chi connectivity index (χ1v) is 5.88. The van der Waals surface area contributed by atoms with Gasteiger partial charge < -0.3 is 4.90 Å². The molecule has 0 aromatic carbocycles. The summed E-state index contributed by atoms with van der Waals surface area (Å²) in [5, 5.41) is 10.5. The predicted molar refractivity (Wildman–Crippen MR) is 63.4 cm³/mol. The molecule has 1 amide bonds. The maximum absolute atomic E-state index is 12.1. The van der Waals surface area contributed by atoms with Crippen LogP contribution in [0.5, 0.6) is 0 Å². The molecule has 0 saturated carbocycles. The topological polar surface area (TPSA) is 49.0 Å². The molecule has 5 heteroatoms. The Morgan fingerprint density at radius 3 is 2.94 bits per heavy atom. The lowest BCUT2D eigenvalue weighted by Crippen LogP contribution is -2.26. The molecule has 2 aromatic heterocycles. The number of aromatic nitrogens is 2. The maximum Gasteiger partial charge on any atom is 0.255 e. The summed E-state index contributed by atoms with van der Waals surface area (Å²) in [5.41, 5.74) is 2.83. The van der Waals surface area contributed by atoms with Crippen molar-refractivity contribution < 1.29 is 4.79 Å². The number of hydrogen-bond donors (Lipinski definition) is 1. The number of carbonyl (C=O) groups is 1. The minimum absolute atomic E-state index is 0.0555. The van der Waals surface area contributed by atoms with E-state index in [4.69, 9.17) is 0 Å². The van der Waals surface area contributed by atoms with E-state index in [1.54, 1.807) is 35.7 Å². The Kier molecular flexibility index (Phi) is 3.05. The number of aryl methyl sites for hydroxylation is 1. The van der Waals surface area contributed by atoms with Gasteiger partial charge >= 0.3 is 0 Å². The molecule has 84 valence electrons. The Hall–Kier alpha value is -1.62. The van der Waals surface area contributed by atoms with Gasteiger partial charge in [0.1, 0.15) is 0 Å². The lowest BCUT2D eigenvalue weighted by Gasteiger charge is -2.15. The molecular formula is C11H13N3OS. The average molecular weight is 235 g/mol. The highest BCUT2D eigenvalue weighted by molar-refractivity contribution is 7.08. The Morgan fingerprint density at radius 1 is 1.56 bits per heavy atom. The van der Waals surface area contributed by atoms with E-state index in [-0.39, 0.29) is 5.91 Å². The summed E-state index contributed by atoms with van der Waals surface area (Å²) in [6.45, 7) is 2.53. The fourth-order valence-electron chi connectivity index (χ4n) is 1.50. The molecule has 0 aliphatic carbocycles. The minimum atomic E-state index is 0.0555. The molecule has 2 rings (SSSR count). The summed E-state index contributed by atoms with van der Waals surface area (Å²) in [5.74, 6) is 0.0555. The number of nitrogens with one attached hydrogen (secondary N) is 1. The summed E-state index contributed by atoms with van der Waals surface area (Å²) in [7, 11) is 1.80. The number of H-pyrrole nitrogens is 1. The molecule has 0 aliphatic rings. The molecule has 0 radical (unpaired) electrons. The Bertz CT molecular complexity index is 475. The Labute approximate surface area is 97.9 Å². The van der Waals surface area contributed by atoms with Crippen LogP contribution in [0, 0.1) is 6.92 Å². The van der Waals surface area contributed by atoms with Crippen molar-refractivity contribution in [3.8, 4) is 0 Å². The highest BCUT2D eigenvalue weighted by atomic mass is 32.1. The molecule has 0 aliphatic heterocycles. The van der Waals surface area contributed by atoms with Gasteiger partial charge in [-0.3, -0.25) is 9.89 Å². The number of amides is 1. The van der Waals surface area contributed by atoms with Crippen molar-refractivity contribution in [1.82, 2.24) is 15.1 Å². The number of aromatic amines is 1. The van der Waals surface area contributed by atoms with Gasteiger partial charge in [-0.15, -0.1) is 0 Å². The van der Waals surface area contributed by atoms with Gasteiger partial charge in [-0.05, 0) is 17.9 Å². The van der Waals surface area contributed by atoms with E-state index in [1.807, 2.05) is 17.7 Å². The van der Waals surface area contributed by atoms with Gasteiger partial charge in [-0.25, -0.2) is 0 Å². The molecular weight excluding hydrogens is 222 g/mol. The van der Waals surface area contributed by atoms with Gasteiger partial charge in [0.15, 0.2) is 0 Å². The third-order valence-electron chi connectivity index (χ3n) is 2.41. The quantitative estimate of drug-likeness (QED) is 0.885. The Morgan fingerprint density at radius 2 is 2.38 bits per heavy atom. The standard InChI is InChI=1S/C11H13N3OS/c1-8-6-16-7-10(8)11(15)14(2)5-9-3-12-13-4-9/h3-4,6-7H,5H2,1-2H3,(H,12,13). The van der Waals surface area contributed by atoms with Crippen LogP contribution in [-0.4, -0.2) is 28.1 Å². The molecule has 0 saturated heterocycles. The van der Waals surface area contributed by atoms with Gasteiger partial charge in [-0.2, -0.15) is 16.4 Å². The highest BCUT2D eigenvalue weighted by Gasteiger charge is 2.15. The van der Waals surface area contributed by atoms with Crippen LogP contribution >= 0.6 is 11.3 Å². The first-order valence-electron chi connectivity index (χ1n) is 4.94. The highest BCUT2D eigenvalue weighted by Crippen LogP contribution is 2.16. The van der Waals surface area contributed by atoms with Crippen molar-refractivity contribution in [2.24, 2.45) is 0 Å². The second-order valence-electron chi connectivity index (χ2n) is 3.74. The van der Waals surface area contributed by atoms with Crippen LogP contribution in [0.3, 0.4) is 0 Å². The summed E-state index contributed by atoms with van der Waals surface area (Å²) in [4.78, 5) is 13.7. The van der Waals surface area contributed by atoms with Gasteiger partial charge in [0, 0.05) is 30.7 Å². The molecule has 2 aromatic rings. The zero-order valence-corrected chi connectivity index (χ0v) is 10.0. The summed E-state index contributed by atoms with van der Waals surface area (Å²) < 4.78 is 0. The van der Waals surface area contributed by atoms with Crippen LogP contribution in [0.4, 0.5) is 0 Å². The molecule has 0 bridgehead atoms.